The van der Waals surface area contributed by atoms with Crippen LogP contribution >= 0.6 is 12.4 Å². The summed E-state index contributed by atoms with van der Waals surface area (Å²) in [6.07, 6.45) is 2.40. The molecule has 0 aromatic heterocycles. The van der Waals surface area contributed by atoms with Crippen LogP contribution in [0.5, 0.6) is 0 Å². The van der Waals surface area contributed by atoms with E-state index in [4.69, 9.17) is 0 Å². The zero-order valence-electron chi connectivity index (χ0n) is 13.7. The summed E-state index contributed by atoms with van der Waals surface area (Å²) < 4.78 is 39.6. The Morgan fingerprint density at radius 2 is 1.62 bits per heavy atom. The fraction of sp³-hybridized carbons (Fsp3) is 0.625. The van der Waals surface area contributed by atoms with Crippen molar-refractivity contribution in [3.8, 4) is 0 Å². The number of nitrogens with one attached hydrogen (secondary N) is 1. The highest BCUT2D eigenvalue weighted by molar-refractivity contribution is 7.89. The Morgan fingerprint density at radius 3 is 2.21 bits per heavy atom. The van der Waals surface area contributed by atoms with Gasteiger partial charge in [-0.05, 0) is 56.1 Å². The minimum Gasteiger partial charge on any atom is -0.317 e. The molecule has 0 radical (unpaired) electrons. The Kier molecular flexibility index (Phi) is 7.00. The van der Waals surface area contributed by atoms with Crippen molar-refractivity contribution in [3.05, 3.63) is 30.1 Å². The van der Waals surface area contributed by atoms with E-state index in [1.807, 2.05) is 0 Å². The number of hydrogen-bond acceptors (Lipinski definition) is 4. The van der Waals surface area contributed by atoms with Gasteiger partial charge in [-0.2, -0.15) is 4.31 Å². The molecule has 0 unspecified atom stereocenters. The Balaban J connectivity index is 0.00000208. The van der Waals surface area contributed by atoms with E-state index in [0.29, 0.717) is 13.1 Å². The topological polar surface area (TPSA) is 52.7 Å². The highest BCUT2D eigenvalue weighted by Gasteiger charge is 2.29. The second-order valence-electron chi connectivity index (χ2n) is 6.35. The molecule has 0 bridgehead atoms. The third-order valence-corrected chi connectivity index (χ3v) is 6.67. The summed E-state index contributed by atoms with van der Waals surface area (Å²) in [6, 6.07) is 5.07. The predicted octanol–water partition coefficient (Wildman–Crippen LogP) is 1.55. The van der Waals surface area contributed by atoms with Gasteiger partial charge in [0.1, 0.15) is 5.82 Å². The van der Waals surface area contributed by atoms with Gasteiger partial charge in [0.05, 0.1) is 4.90 Å². The van der Waals surface area contributed by atoms with Crippen molar-refractivity contribution in [2.75, 3.05) is 45.8 Å². The van der Waals surface area contributed by atoms with Gasteiger partial charge < -0.3 is 10.2 Å². The molecule has 2 aliphatic rings. The molecule has 5 nitrogen and oxygen atoms in total. The Morgan fingerprint density at radius 1 is 1.04 bits per heavy atom. The lowest BCUT2D eigenvalue weighted by Crippen LogP contribution is -2.50. The zero-order chi connectivity index (χ0) is 16.3. The number of nitrogens with zero attached hydrogens (tertiary/aromatic N) is 2. The maximum Gasteiger partial charge on any atom is 0.243 e. The SMILES string of the molecule is Cl.O=S(=O)(c1ccc(F)cc1)N1CCN(CC2CCNCC2)CC1. The Bertz CT molecular complexity index is 613. The van der Waals surface area contributed by atoms with Crippen molar-refractivity contribution in [1.82, 2.24) is 14.5 Å². The third kappa shape index (κ3) is 4.67. The van der Waals surface area contributed by atoms with Gasteiger partial charge in [-0.25, -0.2) is 12.8 Å². The van der Waals surface area contributed by atoms with Crippen molar-refractivity contribution >= 4 is 22.4 Å². The van der Waals surface area contributed by atoms with Gasteiger partial charge in [-0.15, -0.1) is 12.4 Å². The van der Waals surface area contributed by atoms with Crippen LogP contribution in [0.3, 0.4) is 0 Å². The van der Waals surface area contributed by atoms with Gasteiger partial charge in [0.25, 0.3) is 0 Å². The number of halogens is 2. The molecule has 24 heavy (non-hydrogen) atoms. The molecule has 1 N–H and O–H groups in total. The van der Waals surface area contributed by atoms with Crippen LogP contribution in [0.15, 0.2) is 29.2 Å². The van der Waals surface area contributed by atoms with E-state index in [-0.39, 0.29) is 17.3 Å². The monoisotopic (exact) mass is 377 g/mol. The lowest BCUT2D eigenvalue weighted by atomic mass is 9.97. The van der Waals surface area contributed by atoms with E-state index in [1.165, 1.54) is 41.4 Å². The van der Waals surface area contributed by atoms with E-state index in [1.54, 1.807) is 0 Å². The van der Waals surface area contributed by atoms with E-state index < -0.39 is 15.8 Å². The first-order valence-corrected chi connectivity index (χ1v) is 9.68. The van der Waals surface area contributed by atoms with Gasteiger partial charge in [0, 0.05) is 32.7 Å². The first-order chi connectivity index (χ1) is 11.1. The second-order valence-corrected chi connectivity index (χ2v) is 8.29. The molecule has 0 atom stereocenters. The number of piperidine rings is 1. The fourth-order valence-corrected chi connectivity index (χ4v) is 4.76. The minimum absolute atomic E-state index is 0. The van der Waals surface area contributed by atoms with Crippen molar-refractivity contribution < 1.29 is 12.8 Å². The van der Waals surface area contributed by atoms with Crippen molar-refractivity contribution in [2.24, 2.45) is 5.92 Å². The summed E-state index contributed by atoms with van der Waals surface area (Å²) in [5.74, 6) is 0.298. The molecule has 136 valence electrons. The molecule has 2 heterocycles. The number of rotatable bonds is 4. The quantitative estimate of drug-likeness (QED) is 0.865. The lowest BCUT2D eigenvalue weighted by molar-refractivity contribution is 0.152. The summed E-state index contributed by atoms with van der Waals surface area (Å²) >= 11 is 0. The minimum atomic E-state index is -3.51. The predicted molar refractivity (Wildman–Crippen MR) is 94.4 cm³/mol. The van der Waals surface area contributed by atoms with Crippen LogP contribution in [0.4, 0.5) is 4.39 Å². The van der Waals surface area contributed by atoms with E-state index in [0.717, 1.165) is 38.6 Å². The molecule has 3 rings (SSSR count). The number of hydrogen-bond donors (Lipinski definition) is 1. The Hall–Kier alpha value is -0.730. The molecule has 8 heteroatoms. The van der Waals surface area contributed by atoms with Gasteiger partial charge in [-0.1, -0.05) is 0 Å². The maximum atomic E-state index is 13.0. The molecular weight excluding hydrogens is 353 g/mol. The van der Waals surface area contributed by atoms with Crippen LogP contribution in [0.1, 0.15) is 12.8 Å². The lowest BCUT2D eigenvalue weighted by Gasteiger charge is -2.36. The fourth-order valence-electron chi connectivity index (χ4n) is 3.34. The molecule has 0 amide bonds. The van der Waals surface area contributed by atoms with Crippen LogP contribution in [0, 0.1) is 11.7 Å². The first kappa shape index (κ1) is 19.6. The van der Waals surface area contributed by atoms with E-state index in [9.17, 15) is 12.8 Å². The Labute approximate surface area is 149 Å². The van der Waals surface area contributed by atoms with Gasteiger partial charge >= 0.3 is 0 Å². The standard InChI is InChI=1S/C16H24FN3O2S.ClH/c17-15-1-3-16(4-2-15)23(21,22)20-11-9-19(10-12-20)13-14-5-7-18-8-6-14;/h1-4,14,18H,5-13H2;1H. The first-order valence-electron chi connectivity index (χ1n) is 8.24. The number of sulfonamides is 1. The van der Waals surface area contributed by atoms with E-state index >= 15 is 0 Å². The molecule has 2 aliphatic heterocycles. The van der Waals surface area contributed by atoms with Crippen LogP contribution < -0.4 is 5.32 Å². The van der Waals surface area contributed by atoms with Crippen LogP contribution in [-0.2, 0) is 10.0 Å². The summed E-state index contributed by atoms with van der Waals surface area (Å²) in [4.78, 5) is 2.54. The van der Waals surface area contributed by atoms with Gasteiger partial charge in [-0.3, -0.25) is 0 Å². The summed E-state index contributed by atoms with van der Waals surface area (Å²) in [5, 5.41) is 3.37. The molecular formula is C16H25ClFN3O2S. The summed E-state index contributed by atoms with van der Waals surface area (Å²) in [6.45, 7) is 5.78. The maximum absolute atomic E-state index is 13.0. The highest BCUT2D eigenvalue weighted by atomic mass is 35.5. The van der Waals surface area contributed by atoms with Crippen LogP contribution in [-0.4, -0.2) is 63.4 Å². The van der Waals surface area contributed by atoms with Crippen molar-refractivity contribution in [2.45, 2.75) is 17.7 Å². The molecule has 2 fully saturated rings. The number of benzene rings is 1. The average Bonchev–Trinajstić information content (AvgIpc) is 2.57. The van der Waals surface area contributed by atoms with Gasteiger partial charge in [0.2, 0.25) is 10.0 Å². The average molecular weight is 378 g/mol. The second kappa shape index (κ2) is 8.58. The smallest absolute Gasteiger partial charge is 0.243 e. The van der Waals surface area contributed by atoms with Crippen molar-refractivity contribution in [1.29, 1.82) is 0 Å². The third-order valence-electron chi connectivity index (χ3n) is 4.76. The molecule has 0 aliphatic carbocycles. The van der Waals surface area contributed by atoms with Crippen molar-refractivity contribution in [3.63, 3.8) is 0 Å². The normalized spacial score (nSPS) is 21.4. The number of piperazine rings is 1. The molecule has 0 spiro atoms. The molecule has 1 aromatic carbocycles. The molecule has 2 saturated heterocycles. The van der Waals surface area contributed by atoms with Crippen LogP contribution in [0.2, 0.25) is 0 Å². The molecule has 1 aromatic rings. The molecule has 0 saturated carbocycles. The van der Waals surface area contributed by atoms with Gasteiger partial charge in [0.15, 0.2) is 0 Å². The van der Waals surface area contributed by atoms with Crippen LogP contribution in [0.25, 0.3) is 0 Å². The summed E-state index contributed by atoms with van der Waals surface area (Å²) in [5.41, 5.74) is 0. The summed E-state index contributed by atoms with van der Waals surface area (Å²) in [7, 11) is -3.51. The highest BCUT2D eigenvalue weighted by Crippen LogP contribution is 2.20. The van der Waals surface area contributed by atoms with E-state index in [2.05, 4.69) is 10.2 Å². The zero-order valence-corrected chi connectivity index (χ0v) is 15.3. The largest absolute Gasteiger partial charge is 0.317 e.